The van der Waals surface area contributed by atoms with E-state index in [2.05, 4.69) is 11.4 Å². The van der Waals surface area contributed by atoms with E-state index in [0.717, 1.165) is 31.4 Å². The summed E-state index contributed by atoms with van der Waals surface area (Å²) < 4.78 is 5.96. The Morgan fingerprint density at radius 3 is 2.64 bits per heavy atom. The van der Waals surface area contributed by atoms with Gasteiger partial charge in [0.2, 0.25) is 5.91 Å². The Balaban J connectivity index is 1.67. The van der Waals surface area contributed by atoms with Crippen molar-refractivity contribution in [2.45, 2.75) is 57.5 Å². The van der Waals surface area contributed by atoms with Crippen molar-refractivity contribution in [3.8, 4) is 11.8 Å². The van der Waals surface area contributed by atoms with Gasteiger partial charge in [-0.05, 0) is 50.7 Å². The molecule has 1 amide bonds. The molecule has 0 unspecified atom stereocenters. The second-order valence-electron chi connectivity index (χ2n) is 6.41. The van der Waals surface area contributed by atoms with E-state index in [0.29, 0.717) is 24.6 Å². The molecule has 116 valence electrons. The third-order valence-corrected chi connectivity index (χ3v) is 4.80. The minimum absolute atomic E-state index is 0.175. The average molecular weight is 298 g/mol. The molecule has 0 aromatic heterocycles. The highest BCUT2D eigenvalue weighted by atomic mass is 16.5. The first-order chi connectivity index (χ1) is 10.7. The summed E-state index contributed by atoms with van der Waals surface area (Å²) in [5.41, 5.74) is -0.135. The number of hydrogen-bond donors (Lipinski definition) is 1. The molecule has 4 heteroatoms. The van der Waals surface area contributed by atoms with Crippen molar-refractivity contribution in [1.82, 2.24) is 0 Å². The zero-order chi connectivity index (χ0) is 15.4. The summed E-state index contributed by atoms with van der Waals surface area (Å²) in [6.07, 6.45) is 8.18. The van der Waals surface area contributed by atoms with Gasteiger partial charge in [0.25, 0.3) is 0 Å². The highest BCUT2D eigenvalue weighted by Gasteiger charge is 2.41. The van der Waals surface area contributed by atoms with Gasteiger partial charge in [-0.2, -0.15) is 5.26 Å². The Kier molecular flexibility index (Phi) is 4.33. The minimum atomic E-state index is -0.845. The van der Waals surface area contributed by atoms with E-state index in [1.165, 1.54) is 12.8 Å². The van der Waals surface area contributed by atoms with Crippen LogP contribution in [0.4, 0.5) is 5.69 Å². The SMILES string of the molecule is N#CC1(C(=O)Nc2cccc(OC3CCCC3)c2)CCCC1. The number of amides is 1. The van der Waals surface area contributed by atoms with Gasteiger partial charge in [-0.15, -0.1) is 0 Å². The monoisotopic (exact) mass is 298 g/mol. The lowest BCUT2D eigenvalue weighted by atomic mass is 9.87. The lowest BCUT2D eigenvalue weighted by molar-refractivity contribution is -0.122. The second kappa shape index (κ2) is 6.39. The van der Waals surface area contributed by atoms with Crippen molar-refractivity contribution in [3.05, 3.63) is 24.3 Å². The lowest BCUT2D eigenvalue weighted by Gasteiger charge is -2.20. The van der Waals surface area contributed by atoms with Crippen molar-refractivity contribution >= 4 is 11.6 Å². The van der Waals surface area contributed by atoms with Gasteiger partial charge in [-0.1, -0.05) is 18.9 Å². The molecule has 0 saturated heterocycles. The molecule has 1 aromatic carbocycles. The molecule has 1 aromatic rings. The maximum atomic E-state index is 12.4. The van der Waals surface area contributed by atoms with E-state index in [-0.39, 0.29) is 5.91 Å². The van der Waals surface area contributed by atoms with Crippen LogP contribution >= 0.6 is 0 Å². The molecule has 2 saturated carbocycles. The molecule has 0 heterocycles. The van der Waals surface area contributed by atoms with Crippen LogP contribution < -0.4 is 10.1 Å². The maximum absolute atomic E-state index is 12.4. The molecule has 1 N–H and O–H groups in total. The highest BCUT2D eigenvalue weighted by Crippen LogP contribution is 2.38. The van der Waals surface area contributed by atoms with Crippen LogP contribution in [0, 0.1) is 16.7 Å². The van der Waals surface area contributed by atoms with E-state index >= 15 is 0 Å². The molecule has 2 fully saturated rings. The predicted octanol–water partition coefficient (Wildman–Crippen LogP) is 4.03. The van der Waals surface area contributed by atoms with Crippen LogP contribution in [-0.4, -0.2) is 12.0 Å². The van der Waals surface area contributed by atoms with Crippen LogP contribution in [0.3, 0.4) is 0 Å². The van der Waals surface area contributed by atoms with Crippen LogP contribution in [0.15, 0.2) is 24.3 Å². The van der Waals surface area contributed by atoms with Gasteiger partial charge in [0.15, 0.2) is 0 Å². The van der Waals surface area contributed by atoms with Gasteiger partial charge in [0.05, 0.1) is 12.2 Å². The molecule has 0 aliphatic heterocycles. The van der Waals surface area contributed by atoms with Crippen molar-refractivity contribution in [2.24, 2.45) is 5.41 Å². The van der Waals surface area contributed by atoms with Crippen molar-refractivity contribution < 1.29 is 9.53 Å². The van der Waals surface area contributed by atoms with Crippen molar-refractivity contribution in [1.29, 1.82) is 5.26 Å². The number of carbonyl (C=O) groups excluding carboxylic acids is 1. The summed E-state index contributed by atoms with van der Waals surface area (Å²) in [7, 11) is 0. The number of ether oxygens (including phenoxy) is 1. The van der Waals surface area contributed by atoms with Gasteiger partial charge < -0.3 is 10.1 Å². The van der Waals surface area contributed by atoms with Crippen molar-refractivity contribution in [3.63, 3.8) is 0 Å². The molecular weight excluding hydrogens is 276 g/mol. The third kappa shape index (κ3) is 3.09. The van der Waals surface area contributed by atoms with Gasteiger partial charge in [-0.3, -0.25) is 4.79 Å². The van der Waals surface area contributed by atoms with Crippen LogP contribution in [0.1, 0.15) is 51.4 Å². The Morgan fingerprint density at radius 2 is 1.95 bits per heavy atom. The Morgan fingerprint density at radius 1 is 1.23 bits per heavy atom. The molecule has 2 aliphatic rings. The average Bonchev–Trinajstić information content (AvgIpc) is 3.19. The summed E-state index contributed by atoms with van der Waals surface area (Å²) in [4.78, 5) is 12.4. The number of anilines is 1. The van der Waals surface area contributed by atoms with Gasteiger partial charge in [0, 0.05) is 11.8 Å². The van der Waals surface area contributed by atoms with Crippen LogP contribution in [-0.2, 0) is 4.79 Å². The first-order valence-electron chi connectivity index (χ1n) is 8.21. The normalized spacial score (nSPS) is 20.5. The Bertz CT molecular complexity index is 579. The molecule has 0 bridgehead atoms. The number of nitrogens with zero attached hydrogens (tertiary/aromatic N) is 1. The molecule has 0 atom stereocenters. The van der Waals surface area contributed by atoms with Gasteiger partial charge in [0.1, 0.15) is 11.2 Å². The molecule has 0 radical (unpaired) electrons. The Hall–Kier alpha value is -2.02. The fourth-order valence-electron chi connectivity index (χ4n) is 3.46. The fourth-order valence-corrected chi connectivity index (χ4v) is 3.46. The summed E-state index contributed by atoms with van der Waals surface area (Å²) >= 11 is 0. The quantitative estimate of drug-likeness (QED) is 0.912. The molecular formula is C18H22N2O2. The zero-order valence-electron chi connectivity index (χ0n) is 12.8. The molecule has 3 rings (SSSR count). The Labute approximate surface area is 131 Å². The fraction of sp³-hybridized carbons (Fsp3) is 0.556. The topological polar surface area (TPSA) is 62.1 Å². The summed E-state index contributed by atoms with van der Waals surface area (Å²) in [6.45, 7) is 0. The maximum Gasteiger partial charge on any atom is 0.244 e. The van der Waals surface area contributed by atoms with Crippen LogP contribution in [0.5, 0.6) is 5.75 Å². The summed E-state index contributed by atoms with van der Waals surface area (Å²) in [6, 6.07) is 9.73. The number of carbonyl (C=O) groups is 1. The molecule has 4 nitrogen and oxygen atoms in total. The second-order valence-corrected chi connectivity index (χ2v) is 6.41. The number of nitriles is 1. The summed E-state index contributed by atoms with van der Waals surface area (Å²) in [5, 5.41) is 12.3. The third-order valence-electron chi connectivity index (χ3n) is 4.80. The number of nitrogens with one attached hydrogen (secondary N) is 1. The standard InChI is InChI=1S/C18H22N2O2/c19-13-18(10-3-4-11-18)17(21)20-14-6-5-9-16(12-14)22-15-7-1-2-8-15/h5-6,9,12,15H,1-4,7-8,10-11H2,(H,20,21). The number of rotatable bonds is 4. The van der Waals surface area contributed by atoms with E-state index in [4.69, 9.17) is 4.74 Å². The van der Waals surface area contributed by atoms with E-state index < -0.39 is 5.41 Å². The predicted molar refractivity (Wildman–Crippen MR) is 84.5 cm³/mol. The van der Waals surface area contributed by atoms with Gasteiger partial charge >= 0.3 is 0 Å². The van der Waals surface area contributed by atoms with Crippen molar-refractivity contribution in [2.75, 3.05) is 5.32 Å². The smallest absolute Gasteiger partial charge is 0.244 e. The highest BCUT2D eigenvalue weighted by molar-refractivity contribution is 5.97. The summed E-state index contributed by atoms with van der Waals surface area (Å²) in [5.74, 6) is 0.618. The van der Waals surface area contributed by atoms with Crippen LogP contribution in [0.2, 0.25) is 0 Å². The first kappa shape index (κ1) is 14.9. The zero-order valence-corrected chi connectivity index (χ0v) is 12.8. The number of hydrogen-bond acceptors (Lipinski definition) is 3. The van der Waals surface area contributed by atoms with Crippen LogP contribution in [0.25, 0.3) is 0 Å². The van der Waals surface area contributed by atoms with E-state index in [1.807, 2.05) is 24.3 Å². The van der Waals surface area contributed by atoms with E-state index in [9.17, 15) is 10.1 Å². The number of benzene rings is 1. The molecule has 0 spiro atoms. The first-order valence-corrected chi connectivity index (χ1v) is 8.21. The lowest BCUT2D eigenvalue weighted by Crippen LogP contribution is -2.32. The molecule has 2 aliphatic carbocycles. The largest absolute Gasteiger partial charge is 0.490 e. The van der Waals surface area contributed by atoms with Gasteiger partial charge in [-0.25, -0.2) is 0 Å². The minimum Gasteiger partial charge on any atom is -0.490 e. The molecule has 22 heavy (non-hydrogen) atoms. The van der Waals surface area contributed by atoms with E-state index in [1.54, 1.807) is 0 Å².